The van der Waals surface area contributed by atoms with Crippen LogP contribution in [-0.2, 0) is 0 Å². The molecule has 0 bridgehead atoms. The number of nitrogens with one attached hydrogen (secondary N) is 1. The highest BCUT2D eigenvalue weighted by molar-refractivity contribution is 5.04. The van der Waals surface area contributed by atoms with E-state index in [1.807, 2.05) is 0 Å². The fourth-order valence-corrected chi connectivity index (χ4v) is 3.72. The minimum absolute atomic E-state index is 0.0703. The summed E-state index contributed by atoms with van der Waals surface area (Å²) in [6.07, 6.45) is 5.05. The van der Waals surface area contributed by atoms with Crippen molar-refractivity contribution < 1.29 is 5.11 Å². The molecule has 118 valence electrons. The Morgan fingerprint density at radius 1 is 1.20 bits per heavy atom. The van der Waals surface area contributed by atoms with E-state index in [0.29, 0.717) is 12.0 Å². The average molecular weight is 283 g/mol. The van der Waals surface area contributed by atoms with Crippen LogP contribution in [-0.4, -0.2) is 72.9 Å². The molecular weight excluding hydrogens is 250 g/mol. The molecule has 4 nitrogen and oxygen atoms in total. The predicted octanol–water partition coefficient (Wildman–Crippen LogP) is 1.15. The number of hydrogen-bond donors (Lipinski definition) is 2. The highest BCUT2D eigenvalue weighted by atomic mass is 16.3. The lowest BCUT2D eigenvalue weighted by atomic mass is 9.91. The van der Waals surface area contributed by atoms with E-state index < -0.39 is 0 Å². The number of piperidine rings is 1. The topological polar surface area (TPSA) is 38.7 Å². The number of nitrogens with zero attached hydrogens (tertiary/aromatic N) is 2. The molecule has 0 amide bonds. The Morgan fingerprint density at radius 3 is 2.20 bits per heavy atom. The van der Waals surface area contributed by atoms with Crippen LogP contribution in [0, 0.1) is 5.92 Å². The summed E-state index contributed by atoms with van der Waals surface area (Å²) in [6, 6.07) is 1.16. The van der Waals surface area contributed by atoms with Gasteiger partial charge in [-0.3, -0.25) is 0 Å². The third kappa shape index (κ3) is 3.94. The van der Waals surface area contributed by atoms with Crippen molar-refractivity contribution in [2.45, 2.75) is 57.2 Å². The summed E-state index contributed by atoms with van der Waals surface area (Å²) < 4.78 is 0. The Morgan fingerprint density at radius 2 is 1.80 bits per heavy atom. The second-order valence-corrected chi connectivity index (χ2v) is 7.36. The van der Waals surface area contributed by atoms with Crippen molar-refractivity contribution in [1.29, 1.82) is 0 Å². The van der Waals surface area contributed by atoms with Gasteiger partial charge in [0.15, 0.2) is 0 Å². The highest BCUT2D eigenvalue weighted by Crippen LogP contribution is 2.40. The highest BCUT2D eigenvalue weighted by Gasteiger charge is 2.46. The molecule has 4 heteroatoms. The Kier molecular flexibility index (Phi) is 5.46. The van der Waals surface area contributed by atoms with E-state index in [9.17, 15) is 5.11 Å². The number of aliphatic hydroxyl groups is 1. The molecule has 2 fully saturated rings. The number of rotatable bonds is 7. The number of hydrogen-bond acceptors (Lipinski definition) is 4. The van der Waals surface area contributed by atoms with Gasteiger partial charge >= 0.3 is 0 Å². The van der Waals surface area contributed by atoms with Crippen LogP contribution < -0.4 is 5.32 Å². The van der Waals surface area contributed by atoms with Crippen molar-refractivity contribution in [3.8, 4) is 0 Å². The van der Waals surface area contributed by atoms with Gasteiger partial charge in [-0.2, -0.15) is 0 Å². The van der Waals surface area contributed by atoms with E-state index in [0.717, 1.165) is 25.7 Å². The van der Waals surface area contributed by atoms with Gasteiger partial charge in [-0.15, -0.1) is 0 Å². The predicted molar refractivity (Wildman–Crippen MR) is 84.0 cm³/mol. The molecule has 1 saturated heterocycles. The molecule has 1 unspecified atom stereocenters. The molecule has 1 saturated carbocycles. The minimum Gasteiger partial charge on any atom is -0.394 e. The van der Waals surface area contributed by atoms with E-state index in [1.165, 1.54) is 25.7 Å². The van der Waals surface area contributed by atoms with Gasteiger partial charge in [-0.25, -0.2) is 0 Å². The summed E-state index contributed by atoms with van der Waals surface area (Å²) in [6.45, 7) is 7.97. The number of likely N-dealkylation sites (tertiary alicyclic amines) is 1. The summed E-state index contributed by atoms with van der Waals surface area (Å²) in [5.74, 6) is 0.668. The molecule has 1 aliphatic heterocycles. The van der Waals surface area contributed by atoms with Crippen LogP contribution in [0.15, 0.2) is 0 Å². The zero-order valence-electron chi connectivity index (χ0n) is 13.7. The quantitative estimate of drug-likeness (QED) is 0.735. The first kappa shape index (κ1) is 16.2. The molecule has 0 aromatic carbocycles. The Hall–Kier alpha value is -0.160. The summed E-state index contributed by atoms with van der Waals surface area (Å²) in [5, 5.41) is 13.7. The van der Waals surface area contributed by atoms with Crippen molar-refractivity contribution in [1.82, 2.24) is 15.1 Å². The monoisotopic (exact) mass is 283 g/mol. The van der Waals surface area contributed by atoms with Crippen LogP contribution >= 0.6 is 0 Å². The minimum atomic E-state index is -0.0703. The third-order valence-electron chi connectivity index (χ3n) is 5.01. The lowest BCUT2D eigenvalue weighted by Gasteiger charge is -2.43. The summed E-state index contributed by atoms with van der Waals surface area (Å²) >= 11 is 0. The van der Waals surface area contributed by atoms with Crippen LogP contribution in [0.5, 0.6) is 0 Å². The van der Waals surface area contributed by atoms with Gasteiger partial charge in [-0.05, 0) is 58.8 Å². The van der Waals surface area contributed by atoms with Crippen LogP contribution in [0.4, 0.5) is 0 Å². The van der Waals surface area contributed by atoms with Crippen LogP contribution in [0.2, 0.25) is 0 Å². The van der Waals surface area contributed by atoms with Crippen molar-refractivity contribution in [2.24, 2.45) is 5.92 Å². The fourth-order valence-electron chi connectivity index (χ4n) is 3.72. The lowest BCUT2D eigenvalue weighted by Crippen LogP contribution is -2.61. The molecule has 2 N–H and O–H groups in total. The number of aliphatic hydroxyl groups excluding tert-OH is 1. The molecule has 0 aromatic rings. The van der Waals surface area contributed by atoms with Crippen molar-refractivity contribution >= 4 is 0 Å². The fraction of sp³-hybridized carbons (Fsp3) is 1.00. The molecule has 1 atom stereocenters. The third-order valence-corrected chi connectivity index (χ3v) is 5.01. The van der Waals surface area contributed by atoms with E-state index in [1.54, 1.807) is 0 Å². The largest absolute Gasteiger partial charge is 0.394 e. The van der Waals surface area contributed by atoms with Gasteiger partial charge in [0.2, 0.25) is 0 Å². The van der Waals surface area contributed by atoms with Gasteiger partial charge in [0.05, 0.1) is 12.1 Å². The van der Waals surface area contributed by atoms with Gasteiger partial charge in [-0.1, -0.05) is 13.8 Å². The molecule has 0 radical (unpaired) electrons. The first-order valence-electron chi connectivity index (χ1n) is 8.24. The summed E-state index contributed by atoms with van der Waals surface area (Å²) in [7, 11) is 4.37. The van der Waals surface area contributed by atoms with Crippen molar-refractivity contribution in [3.63, 3.8) is 0 Å². The maximum atomic E-state index is 10.0. The van der Waals surface area contributed by atoms with Gasteiger partial charge in [0, 0.05) is 18.6 Å². The Bertz CT molecular complexity index is 296. The average Bonchev–Trinajstić information content (AvgIpc) is 3.22. The van der Waals surface area contributed by atoms with Crippen molar-refractivity contribution in [3.05, 3.63) is 0 Å². The molecule has 2 aliphatic rings. The molecule has 0 spiro atoms. The standard InChI is InChI=1S/C16H33N3O/c1-13(2)17-16(12-20,14-5-6-14)11-19-9-7-15(8-10-19)18(3)4/h13-15,17,20H,5-12H2,1-4H3. The second-order valence-electron chi connectivity index (χ2n) is 7.36. The van der Waals surface area contributed by atoms with E-state index in [2.05, 4.69) is 43.1 Å². The SMILES string of the molecule is CC(C)NC(CO)(CN1CCC(N(C)C)CC1)C1CC1. The van der Waals surface area contributed by atoms with E-state index >= 15 is 0 Å². The molecule has 20 heavy (non-hydrogen) atoms. The zero-order chi connectivity index (χ0) is 14.8. The van der Waals surface area contributed by atoms with Crippen LogP contribution in [0.1, 0.15) is 39.5 Å². The molecule has 1 aliphatic carbocycles. The summed E-state index contributed by atoms with van der Waals surface area (Å²) in [4.78, 5) is 4.91. The molecule has 1 heterocycles. The van der Waals surface area contributed by atoms with Crippen LogP contribution in [0.25, 0.3) is 0 Å². The van der Waals surface area contributed by atoms with Gasteiger partial charge < -0.3 is 20.2 Å². The zero-order valence-corrected chi connectivity index (χ0v) is 13.7. The Balaban J connectivity index is 1.92. The first-order valence-corrected chi connectivity index (χ1v) is 8.24. The van der Waals surface area contributed by atoms with Crippen LogP contribution in [0.3, 0.4) is 0 Å². The maximum Gasteiger partial charge on any atom is 0.0628 e. The van der Waals surface area contributed by atoms with Gasteiger partial charge in [0.1, 0.15) is 0 Å². The second kappa shape index (κ2) is 6.73. The van der Waals surface area contributed by atoms with Crippen molar-refractivity contribution in [2.75, 3.05) is 40.3 Å². The lowest BCUT2D eigenvalue weighted by molar-refractivity contribution is 0.0609. The molecule has 2 rings (SSSR count). The van der Waals surface area contributed by atoms with E-state index in [4.69, 9.17) is 0 Å². The smallest absolute Gasteiger partial charge is 0.0628 e. The maximum absolute atomic E-state index is 10.0. The molecule has 0 aromatic heterocycles. The first-order chi connectivity index (χ1) is 9.47. The normalized spacial score (nSPS) is 25.4. The molecular formula is C16H33N3O. The summed E-state index contributed by atoms with van der Waals surface area (Å²) in [5.41, 5.74) is -0.0703. The van der Waals surface area contributed by atoms with Gasteiger partial charge in [0.25, 0.3) is 0 Å². The van der Waals surface area contributed by atoms with E-state index in [-0.39, 0.29) is 12.1 Å². The Labute approximate surface area is 124 Å².